The summed E-state index contributed by atoms with van der Waals surface area (Å²) >= 11 is 0. The van der Waals surface area contributed by atoms with E-state index in [1.807, 2.05) is 6.92 Å². The Balaban J connectivity index is 1.79. The van der Waals surface area contributed by atoms with Gasteiger partial charge in [-0.05, 0) is 87.4 Å². The Bertz CT molecular complexity index is 741. The van der Waals surface area contributed by atoms with Gasteiger partial charge < -0.3 is 18.6 Å². The first-order valence-electron chi connectivity index (χ1n) is 10.3. The highest BCUT2D eigenvalue weighted by Gasteiger charge is 2.20. The number of hydrogen-bond acceptors (Lipinski definition) is 5. The van der Waals surface area contributed by atoms with E-state index in [0.717, 1.165) is 37.0 Å². The molecule has 0 saturated heterocycles. The van der Waals surface area contributed by atoms with Gasteiger partial charge in [0.1, 0.15) is 17.2 Å². The molecule has 0 unspecified atom stereocenters. The fraction of sp³-hybridized carbons (Fsp3) is 0.435. The molecule has 0 heterocycles. The van der Waals surface area contributed by atoms with Crippen LogP contribution in [0, 0.1) is 0 Å². The van der Waals surface area contributed by atoms with Gasteiger partial charge >= 0.3 is 5.97 Å². The molecule has 29 heavy (non-hydrogen) atoms. The highest BCUT2D eigenvalue weighted by Crippen LogP contribution is 2.20. The molecule has 0 radical (unpaired) electrons. The number of benzene rings is 2. The van der Waals surface area contributed by atoms with Gasteiger partial charge in [-0.15, -0.1) is 0 Å². The minimum Gasteiger partial charge on any atom is -0.494 e. The van der Waals surface area contributed by atoms with Crippen molar-refractivity contribution < 1.29 is 23.4 Å². The van der Waals surface area contributed by atoms with Crippen molar-refractivity contribution in [1.82, 2.24) is 0 Å². The SMILES string of the molecule is CCCOc1ccc(OC(=O)c2ccc(OCCC[Si](C)(C)OCC)cc2)cc1. The fourth-order valence-electron chi connectivity index (χ4n) is 2.83. The third kappa shape index (κ3) is 8.29. The van der Waals surface area contributed by atoms with E-state index in [4.69, 9.17) is 18.6 Å². The second-order valence-electron chi connectivity index (χ2n) is 7.38. The predicted molar refractivity (Wildman–Crippen MR) is 118 cm³/mol. The van der Waals surface area contributed by atoms with Gasteiger partial charge in [0.05, 0.1) is 18.8 Å². The minimum atomic E-state index is -1.56. The lowest BCUT2D eigenvalue weighted by Gasteiger charge is -2.21. The van der Waals surface area contributed by atoms with Crippen LogP contribution in [0.1, 0.15) is 37.0 Å². The molecule has 2 rings (SSSR count). The van der Waals surface area contributed by atoms with Crippen LogP contribution in [-0.2, 0) is 4.43 Å². The van der Waals surface area contributed by atoms with Crippen LogP contribution in [0.5, 0.6) is 17.2 Å². The van der Waals surface area contributed by atoms with Crippen molar-refractivity contribution in [2.45, 2.75) is 45.8 Å². The maximum Gasteiger partial charge on any atom is 0.343 e. The lowest BCUT2D eigenvalue weighted by Crippen LogP contribution is -2.30. The molecule has 0 amide bonds. The van der Waals surface area contributed by atoms with Crippen LogP contribution in [0.4, 0.5) is 0 Å². The van der Waals surface area contributed by atoms with Crippen molar-refractivity contribution in [2.75, 3.05) is 19.8 Å². The highest BCUT2D eigenvalue weighted by atomic mass is 28.4. The maximum atomic E-state index is 12.3. The molecule has 0 aliphatic rings. The van der Waals surface area contributed by atoms with Crippen LogP contribution in [0.15, 0.2) is 48.5 Å². The number of ether oxygens (including phenoxy) is 3. The van der Waals surface area contributed by atoms with E-state index in [0.29, 0.717) is 24.5 Å². The molecule has 5 nitrogen and oxygen atoms in total. The molecule has 0 aromatic heterocycles. The third-order valence-corrected chi connectivity index (χ3v) is 6.95. The largest absolute Gasteiger partial charge is 0.494 e. The normalized spacial score (nSPS) is 11.2. The monoisotopic (exact) mass is 416 g/mol. The number of carbonyl (C=O) groups is 1. The van der Waals surface area contributed by atoms with E-state index in [-0.39, 0.29) is 0 Å². The van der Waals surface area contributed by atoms with Gasteiger partial charge in [-0.2, -0.15) is 0 Å². The minimum absolute atomic E-state index is 0.400. The van der Waals surface area contributed by atoms with Gasteiger partial charge in [0.2, 0.25) is 0 Å². The van der Waals surface area contributed by atoms with Crippen LogP contribution in [0.3, 0.4) is 0 Å². The molecule has 0 saturated carbocycles. The van der Waals surface area contributed by atoms with Crippen LogP contribution in [-0.4, -0.2) is 34.1 Å². The number of esters is 1. The van der Waals surface area contributed by atoms with Crippen LogP contribution in [0.2, 0.25) is 19.1 Å². The average molecular weight is 417 g/mol. The van der Waals surface area contributed by atoms with Gasteiger partial charge in [-0.1, -0.05) is 6.92 Å². The molecule has 0 bridgehead atoms. The Morgan fingerprint density at radius 3 is 1.97 bits per heavy atom. The molecule has 2 aromatic rings. The first kappa shape index (κ1) is 23.0. The predicted octanol–water partition coefficient (Wildman–Crippen LogP) is 5.71. The second kappa shape index (κ2) is 11.6. The van der Waals surface area contributed by atoms with Crippen molar-refractivity contribution in [1.29, 1.82) is 0 Å². The molecule has 0 atom stereocenters. The van der Waals surface area contributed by atoms with Crippen LogP contribution >= 0.6 is 0 Å². The number of hydrogen-bond donors (Lipinski definition) is 0. The van der Waals surface area contributed by atoms with E-state index in [2.05, 4.69) is 20.0 Å². The molecule has 0 fully saturated rings. The van der Waals surface area contributed by atoms with E-state index in [9.17, 15) is 4.79 Å². The maximum absolute atomic E-state index is 12.3. The van der Waals surface area contributed by atoms with Crippen molar-refractivity contribution in [3.05, 3.63) is 54.1 Å². The van der Waals surface area contributed by atoms with E-state index in [1.54, 1.807) is 48.5 Å². The molecule has 6 heteroatoms. The summed E-state index contributed by atoms with van der Waals surface area (Å²) in [6.07, 6.45) is 1.91. The smallest absolute Gasteiger partial charge is 0.343 e. The first-order chi connectivity index (χ1) is 13.9. The number of rotatable bonds is 12. The lowest BCUT2D eigenvalue weighted by atomic mass is 10.2. The zero-order valence-corrected chi connectivity index (χ0v) is 18.9. The Morgan fingerprint density at radius 1 is 0.828 bits per heavy atom. The third-order valence-electron chi connectivity index (χ3n) is 4.32. The molecule has 158 valence electrons. The molecular weight excluding hydrogens is 384 g/mol. The average Bonchev–Trinajstić information content (AvgIpc) is 2.71. The summed E-state index contributed by atoms with van der Waals surface area (Å²) < 4.78 is 22.5. The Morgan fingerprint density at radius 2 is 1.38 bits per heavy atom. The zero-order valence-electron chi connectivity index (χ0n) is 17.9. The first-order valence-corrected chi connectivity index (χ1v) is 13.4. The van der Waals surface area contributed by atoms with Gasteiger partial charge in [0, 0.05) is 6.61 Å². The van der Waals surface area contributed by atoms with Gasteiger partial charge in [-0.25, -0.2) is 4.79 Å². The quantitative estimate of drug-likeness (QED) is 0.192. The zero-order chi connectivity index (χ0) is 21.1. The molecular formula is C23H32O5Si. The van der Waals surface area contributed by atoms with Crippen LogP contribution in [0.25, 0.3) is 0 Å². The van der Waals surface area contributed by atoms with E-state index >= 15 is 0 Å². The van der Waals surface area contributed by atoms with Gasteiger partial charge in [-0.3, -0.25) is 0 Å². The fourth-order valence-corrected chi connectivity index (χ4v) is 4.75. The standard InChI is InChI=1S/C23H32O5Si/c1-5-16-25-21-12-14-22(15-13-21)28-23(24)19-8-10-20(11-9-19)26-17-7-18-29(3,4)27-6-2/h8-15H,5-7,16-18H2,1-4H3. The lowest BCUT2D eigenvalue weighted by molar-refractivity contribution is 0.0734. The highest BCUT2D eigenvalue weighted by molar-refractivity contribution is 6.71. The van der Waals surface area contributed by atoms with E-state index in [1.165, 1.54) is 0 Å². The summed E-state index contributed by atoms with van der Waals surface area (Å²) in [5, 5.41) is 0. The Kier molecular flexibility index (Phi) is 9.21. The summed E-state index contributed by atoms with van der Waals surface area (Å²) in [6.45, 7) is 10.6. The summed E-state index contributed by atoms with van der Waals surface area (Å²) in [4.78, 5) is 12.3. The number of carbonyl (C=O) groups excluding carboxylic acids is 1. The topological polar surface area (TPSA) is 54.0 Å². The van der Waals surface area contributed by atoms with Crippen molar-refractivity contribution >= 4 is 14.3 Å². The second-order valence-corrected chi connectivity index (χ2v) is 11.7. The summed E-state index contributed by atoms with van der Waals surface area (Å²) in [5.74, 6) is 1.60. The summed E-state index contributed by atoms with van der Waals surface area (Å²) in [7, 11) is -1.56. The Labute approximate surface area is 175 Å². The van der Waals surface area contributed by atoms with Crippen LogP contribution < -0.4 is 14.2 Å². The van der Waals surface area contributed by atoms with Crippen molar-refractivity contribution in [2.24, 2.45) is 0 Å². The summed E-state index contributed by atoms with van der Waals surface area (Å²) in [6, 6.07) is 15.1. The Hall–Kier alpha value is -2.31. The molecule has 0 aliphatic carbocycles. The van der Waals surface area contributed by atoms with E-state index < -0.39 is 14.3 Å². The van der Waals surface area contributed by atoms with Crippen molar-refractivity contribution in [3.8, 4) is 17.2 Å². The van der Waals surface area contributed by atoms with Gasteiger partial charge in [0.25, 0.3) is 0 Å². The summed E-state index contributed by atoms with van der Waals surface area (Å²) in [5.41, 5.74) is 0.480. The molecule has 0 N–H and O–H groups in total. The molecule has 0 aliphatic heterocycles. The van der Waals surface area contributed by atoms with Gasteiger partial charge in [0.15, 0.2) is 8.32 Å². The molecule has 2 aromatic carbocycles. The molecule has 0 spiro atoms. The van der Waals surface area contributed by atoms with Crippen molar-refractivity contribution in [3.63, 3.8) is 0 Å².